The number of aliphatic carboxylic acids is 1. The molecule has 9 nitrogen and oxygen atoms in total. The van der Waals surface area contributed by atoms with Crippen LogP contribution in [0.2, 0.25) is 0 Å². The van der Waals surface area contributed by atoms with Crippen molar-refractivity contribution in [2.75, 3.05) is 18.0 Å². The number of amides is 3. The topological polar surface area (TPSA) is 128 Å². The van der Waals surface area contributed by atoms with Gasteiger partial charge in [0.25, 0.3) is 0 Å². The predicted molar refractivity (Wildman–Crippen MR) is 139 cm³/mol. The Balaban J connectivity index is 1.93. The van der Waals surface area contributed by atoms with Crippen molar-refractivity contribution < 1.29 is 24.3 Å². The molecule has 1 saturated heterocycles. The van der Waals surface area contributed by atoms with E-state index in [4.69, 9.17) is 0 Å². The van der Waals surface area contributed by atoms with Gasteiger partial charge >= 0.3 is 5.97 Å². The molecule has 0 radical (unpaired) electrons. The molecular weight excluding hydrogens is 460 g/mol. The molecule has 1 fully saturated rings. The molecular formula is C27H36N4O5. The molecule has 4 atom stereocenters. The lowest BCUT2D eigenvalue weighted by Gasteiger charge is -2.34. The number of carbonyl (C=O) groups is 4. The van der Waals surface area contributed by atoms with Gasteiger partial charge < -0.3 is 26.0 Å². The first-order valence-corrected chi connectivity index (χ1v) is 12.5. The van der Waals surface area contributed by atoms with E-state index in [1.807, 2.05) is 62.1 Å². The molecule has 194 valence electrons. The number of benzene rings is 2. The fraction of sp³-hybridized carbons (Fsp3) is 0.481. The molecule has 1 heterocycles. The lowest BCUT2D eigenvalue weighted by Crippen LogP contribution is -2.53. The molecule has 3 rings (SSSR count). The zero-order valence-electron chi connectivity index (χ0n) is 21.3. The van der Waals surface area contributed by atoms with Crippen LogP contribution in [-0.4, -0.2) is 60.0 Å². The summed E-state index contributed by atoms with van der Waals surface area (Å²) in [6, 6.07) is 9.98. The smallest absolute Gasteiger partial charge is 0.325 e. The maximum Gasteiger partial charge on any atom is 0.325 e. The first kappa shape index (κ1) is 27.0. The zero-order valence-corrected chi connectivity index (χ0v) is 21.3. The van der Waals surface area contributed by atoms with Gasteiger partial charge in [-0.3, -0.25) is 19.2 Å². The minimum Gasteiger partial charge on any atom is -0.480 e. The van der Waals surface area contributed by atoms with Crippen LogP contribution in [0.25, 0.3) is 10.8 Å². The van der Waals surface area contributed by atoms with Crippen molar-refractivity contribution in [1.29, 1.82) is 0 Å². The van der Waals surface area contributed by atoms with Gasteiger partial charge in [0.1, 0.15) is 12.1 Å². The molecule has 9 heteroatoms. The Morgan fingerprint density at radius 2 is 1.81 bits per heavy atom. The van der Waals surface area contributed by atoms with Crippen molar-refractivity contribution in [3.05, 3.63) is 42.0 Å². The van der Waals surface area contributed by atoms with Gasteiger partial charge in [-0.15, -0.1) is 0 Å². The summed E-state index contributed by atoms with van der Waals surface area (Å²) < 4.78 is 0. The molecule has 3 amide bonds. The molecule has 2 aromatic carbocycles. The first-order valence-electron chi connectivity index (χ1n) is 12.5. The minimum atomic E-state index is -1.11. The van der Waals surface area contributed by atoms with Crippen molar-refractivity contribution in [2.45, 2.75) is 65.1 Å². The molecule has 1 aliphatic heterocycles. The van der Waals surface area contributed by atoms with E-state index in [1.54, 1.807) is 0 Å². The van der Waals surface area contributed by atoms with Crippen molar-refractivity contribution in [2.24, 2.45) is 5.92 Å². The summed E-state index contributed by atoms with van der Waals surface area (Å²) in [5.74, 6) is -1.81. The van der Waals surface area contributed by atoms with E-state index < -0.39 is 24.0 Å². The van der Waals surface area contributed by atoms with Gasteiger partial charge in [0.05, 0.1) is 6.54 Å². The highest BCUT2D eigenvalue weighted by Gasteiger charge is 2.31. The number of fused-ring (bicyclic) bond motifs is 1. The Morgan fingerprint density at radius 3 is 2.44 bits per heavy atom. The standard InChI is InChI=1S/C27H36N4O5/c1-5-16(2)22(30-26(34)21-12-13-24(32)29-21)14-31(15-25(33)28-18(4)27(35)36)23-11-7-9-19-17(3)8-6-10-20(19)23/h6-11,16,18,21-22H,5,12-15H2,1-4H3,(H,28,33)(H,29,32)(H,30,34)(H,35,36)/t16-,18-,21-,22+/m0/s1. The number of aryl methyl sites for hydroxylation is 1. The number of hydrogen-bond donors (Lipinski definition) is 4. The molecule has 4 N–H and O–H groups in total. The van der Waals surface area contributed by atoms with Gasteiger partial charge in [-0.05, 0) is 43.2 Å². The number of carbonyl (C=O) groups excluding carboxylic acids is 3. The number of anilines is 1. The lowest BCUT2D eigenvalue weighted by molar-refractivity contribution is -0.141. The van der Waals surface area contributed by atoms with E-state index in [-0.39, 0.29) is 30.3 Å². The fourth-order valence-electron chi connectivity index (χ4n) is 4.48. The summed E-state index contributed by atoms with van der Waals surface area (Å²) >= 11 is 0. The Hall–Kier alpha value is -3.62. The van der Waals surface area contributed by atoms with Gasteiger partial charge in [-0.1, -0.05) is 50.6 Å². The highest BCUT2D eigenvalue weighted by Crippen LogP contribution is 2.29. The molecule has 36 heavy (non-hydrogen) atoms. The average Bonchev–Trinajstić information content (AvgIpc) is 3.28. The van der Waals surface area contributed by atoms with Crippen molar-refractivity contribution in [3.8, 4) is 0 Å². The van der Waals surface area contributed by atoms with E-state index in [1.165, 1.54) is 6.92 Å². The number of rotatable bonds is 11. The van der Waals surface area contributed by atoms with Gasteiger partial charge in [0.2, 0.25) is 17.7 Å². The van der Waals surface area contributed by atoms with Gasteiger partial charge in [0.15, 0.2) is 0 Å². The molecule has 0 saturated carbocycles. The van der Waals surface area contributed by atoms with Crippen LogP contribution in [0.15, 0.2) is 36.4 Å². The second kappa shape index (κ2) is 11.9. The van der Waals surface area contributed by atoms with Crippen molar-refractivity contribution in [3.63, 3.8) is 0 Å². The number of nitrogens with zero attached hydrogens (tertiary/aromatic N) is 1. The van der Waals surface area contributed by atoms with Crippen LogP contribution >= 0.6 is 0 Å². The highest BCUT2D eigenvalue weighted by molar-refractivity contribution is 5.98. The van der Waals surface area contributed by atoms with Gasteiger partial charge in [0, 0.05) is 30.1 Å². The highest BCUT2D eigenvalue weighted by atomic mass is 16.4. The van der Waals surface area contributed by atoms with Crippen molar-refractivity contribution >= 4 is 40.2 Å². The normalized spacial score (nSPS) is 17.7. The molecule has 1 aliphatic rings. The molecule has 0 bridgehead atoms. The Morgan fingerprint density at radius 1 is 1.11 bits per heavy atom. The molecule has 2 aromatic rings. The SMILES string of the molecule is CC[C@H](C)[C@@H](CN(CC(=O)N[C@@H](C)C(=O)O)c1cccc2c(C)cccc12)NC(=O)[C@@H]1CCC(=O)N1. The van der Waals surface area contributed by atoms with E-state index in [0.717, 1.165) is 28.4 Å². The van der Waals surface area contributed by atoms with E-state index in [9.17, 15) is 24.3 Å². The summed E-state index contributed by atoms with van der Waals surface area (Å²) in [4.78, 5) is 50.6. The van der Waals surface area contributed by atoms with E-state index >= 15 is 0 Å². The monoisotopic (exact) mass is 496 g/mol. The molecule has 0 aromatic heterocycles. The second-order valence-electron chi connectivity index (χ2n) is 9.61. The Bertz CT molecular complexity index is 1130. The second-order valence-corrected chi connectivity index (χ2v) is 9.61. The third-order valence-electron chi connectivity index (χ3n) is 6.93. The predicted octanol–water partition coefficient (Wildman–Crippen LogP) is 2.35. The molecule has 0 aliphatic carbocycles. The van der Waals surface area contributed by atoms with Crippen LogP contribution in [-0.2, 0) is 19.2 Å². The summed E-state index contributed by atoms with van der Waals surface area (Å²) in [5.41, 5.74) is 1.92. The van der Waals surface area contributed by atoms with Crippen molar-refractivity contribution in [1.82, 2.24) is 16.0 Å². The Kier molecular flexibility index (Phi) is 8.90. The summed E-state index contributed by atoms with van der Waals surface area (Å²) in [6.07, 6.45) is 1.59. The van der Waals surface area contributed by atoms with Crippen LogP contribution in [0.1, 0.15) is 45.6 Å². The maximum atomic E-state index is 13.0. The van der Waals surface area contributed by atoms with Crippen LogP contribution in [0.3, 0.4) is 0 Å². The van der Waals surface area contributed by atoms with Crippen LogP contribution < -0.4 is 20.9 Å². The van der Waals surface area contributed by atoms with Crippen LogP contribution in [0.5, 0.6) is 0 Å². The quantitative estimate of drug-likeness (QED) is 0.378. The number of hydrogen-bond acceptors (Lipinski definition) is 5. The average molecular weight is 497 g/mol. The summed E-state index contributed by atoms with van der Waals surface area (Å²) in [7, 11) is 0. The third kappa shape index (κ3) is 6.53. The van der Waals surface area contributed by atoms with E-state index in [0.29, 0.717) is 19.4 Å². The third-order valence-corrected chi connectivity index (χ3v) is 6.93. The fourth-order valence-corrected chi connectivity index (χ4v) is 4.48. The minimum absolute atomic E-state index is 0.0757. The Labute approximate surface area is 211 Å². The molecule has 0 spiro atoms. The number of nitrogens with one attached hydrogen (secondary N) is 3. The summed E-state index contributed by atoms with van der Waals surface area (Å²) in [5, 5.41) is 19.6. The molecule has 0 unspecified atom stereocenters. The van der Waals surface area contributed by atoms with Crippen LogP contribution in [0.4, 0.5) is 5.69 Å². The first-order chi connectivity index (χ1) is 17.1. The zero-order chi connectivity index (χ0) is 26.4. The van der Waals surface area contributed by atoms with Crippen LogP contribution in [0, 0.1) is 12.8 Å². The lowest BCUT2D eigenvalue weighted by atomic mass is 9.97. The number of carboxylic acids is 1. The number of carboxylic acid groups (broad SMARTS) is 1. The van der Waals surface area contributed by atoms with Gasteiger partial charge in [-0.25, -0.2) is 0 Å². The maximum absolute atomic E-state index is 13.0. The van der Waals surface area contributed by atoms with E-state index in [2.05, 4.69) is 16.0 Å². The largest absolute Gasteiger partial charge is 0.480 e. The summed E-state index contributed by atoms with van der Waals surface area (Å²) in [6.45, 7) is 7.78. The van der Waals surface area contributed by atoms with Gasteiger partial charge in [-0.2, -0.15) is 0 Å².